The first-order valence-electron chi connectivity index (χ1n) is 8.72. The summed E-state index contributed by atoms with van der Waals surface area (Å²) < 4.78 is 5.80. The molecule has 1 saturated heterocycles. The normalized spacial score (nSPS) is 20.8. The number of nitrogens with one attached hydrogen (secondary N) is 2. The molecule has 0 bridgehead atoms. The summed E-state index contributed by atoms with van der Waals surface area (Å²) in [6, 6.07) is 8.29. The molecular weight excluding hydrogens is 326 g/mol. The Morgan fingerprint density at radius 1 is 1.29 bits per heavy atom. The minimum atomic E-state index is -0.0897. The maximum Gasteiger partial charge on any atom is 0.222 e. The lowest BCUT2D eigenvalue weighted by Gasteiger charge is -2.27. The number of carbonyl (C=O) groups excluding carboxylic acids is 1. The van der Waals surface area contributed by atoms with Crippen LogP contribution in [0.3, 0.4) is 0 Å². The molecule has 1 unspecified atom stereocenters. The van der Waals surface area contributed by atoms with Gasteiger partial charge in [-0.2, -0.15) is 0 Å². The number of nitrogens with zero attached hydrogens (tertiary/aromatic N) is 1. The molecule has 1 atom stereocenters. The molecule has 6 heteroatoms. The molecule has 1 fully saturated rings. The van der Waals surface area contributed by atoms with Gasteiger partial charge in [-0.1, -0.05) is 24.3 Å². The first-order valence-corrected chi connectivity index (χ1v) is 8.72. The van der Waals surface area contributed by atoms with E-state index in [0.29, 0.717) is 13.0 Å². The zero-order valence-electron chi connectivity index (χ0n) is 14.1. The topological polar surface area (TPSA) is 53.6 Å². The van der Waals surface area contributed by atoms with Crippen LogP contribution in [0.4, 0.5) is 0 Å². The molecule has 1 aromatic rings. The van der Waals surface area contributed by atoms with Crippen molar-refractivity contribution in [3.05, 3.63) is 35.4 Å². The van der Waals surface area contributed by atoms with E-state index in [1.54, 1.807) is 0 Å². The standard InChI is InChI=1S/C18H27N3O2.ClH/c22-18(20-7-3-10-21-11-8-19-9-12-21)14-17-16-5-2-1-4-15(16)6-13-23-17;/h1-2,4-5,17,19H,3,6-14H2,(H,20,22);1H. The van der Waals surface area contributed by atoms with E-state index in [2.05, 4.69) is 33.7 Å². The summed E-state index contributed by atoms with van der Waals surface area (Å²) in [5.41, 5.74) is 2.49. The van der Waals surface area contributed by atoms with Gasteiger partial charge in [0.2, 0.25) is 5.91 Å². The highest BCUT2D eigenvalue weighted by atomic mass is 35.5. The smallest absolute Gasteiger partial charge is 0.222 e. The van der Waals surface area contributed by atoms with E-state index in [1.165, 1.54) is 11.1 Å². The number of halogens is 1. The minimum absolute atomic E-state index is 0. The number of hydrogen-bond donors (Lipinski definition) is 2. The fraction of sp³-hybridized carbons (Fsp3) is 0.611. The highest BCUT2D eigenvalue weighted by Gasteiger charge is 2.22. The molecule has 1 amide bonds. The van der Waals surface area contributed by atoms with Crippen molar-refractivity contribution >= 4 is 18.3 Å². The van der Waals surface area contributed by atoms with Crippen LogP contribution in [0.2, 0.25) is 0 Å². The molecule has 0 saturated carbocycles. The Balaban J connectivity index is 0.00000208. The lowest BCUT2D eigenvalue weighted by molar-refractivity contribution is -0.124. The summed E-state index contributed by atoms with van der Waals surface area (Å²) in [4.78, 5) is 14.6. The Morgan fingerprint density at radius 3 is 2.92 bits per heavy atom. The summed E-state index contributed by atoms with van der Waals surface area (Å²) in [7, 11) is 0. The van der Waals surface area contributed by atoms with E-state index in [0.717, 1.165) is 52.1 Å². The summed E-state index contributed by atoms with van der Waals surface area (Å²) in [5.74, 6) is 0.0898. The molecule has 2 aliphatic heterocycles. The summed E-state index contributed by atoms with van der Waals surface area (Å²) >= 11 is 0. The number of benzene rings is 1. The summed E-state index contributed by atoms with van der Waals surface area (Å²) in [6.07, 6.45) is 2.28. The molecule has 0 radical (unpaired) electrons. The average molecular weight is 354 g/mol. The number of rotatable bonds is 6. The largest absolute Gasteiger partial charge is 0.373 e. The highest BCUT2D eigenvalue weighted by Crippen LogP contribution is 2.29. The van der Waals surface area contributed by atoms with Gasteiger partial charge in [0.15, 0.2) is 0 Å². The van der Waals surface area contributed by atoms with E-state index >= 15 is 0 Å². The van der Waals surface area contributed by atoms with Gasteiger partial charge in [-0.3, -0.25) is 4.79 Å². The van der Waals surface area contributed by atoms with Crippen molar-refractivity contribution in [2.45, 2.75) is 25.4 Å². The van der Waals surface area contributed by atoms with Crippen LogP contribution < -0.4 is 10.6 Å². The molecule has 3 rings (SSSR count). The van der Waals surface area contributed by atoms with Crippen molar-refractivity contribution in [3.63, 3.8) is 0 Å². The predicted octanol–water partition coefficient (Wildman–Crippen LogP) is 1.52. The van der Waals surface area contributed by atoms with Gasteiger partial charge in [-0.15, -0.1) is 12.4 Å². The Bertz CT molecular complexity index is 521. The van der Waals surface area contributed by atoms with Crippen LogP contribution in [-0.4, -0.2) is 56.7 Å². The van der Waals surface area contributed by atoms with Crippen LogP contribution in [0, 0.1) is 0 Å². The second-order valence-corrected chi connectivity index (χ2v) is 6.31. The quantitative estimate of drug-likeness (QED) is 0.761. The molecule has 0 aromatic heterocycles. The van der Waals surface area contributed by atoms with E-state index < -0.39 is 0 Å². The predicted molar refractivity (Wildman–Crippen MR) is 97.6 cm³/mol. The SMILES string of the molecule is Cl.O=C(CC1OCCc2ccccc21)NCCCN1CCNCC1. The van der Waals surface area contributed by atoms with Crippen molar-refractivity contribution in [2.75, 3.05) is 45.9 Å². The molecular formula is C18H28ClN3O2. The van der Waals surface area contributed by atoms with E-state index in [1.807, 2.05) is 6.07 Å². The second-order valence-electron chi connectivity index (χ2n) is 6.31. The number of piperazine rings is 1. The average Bonchev–Trinajstić information content (AvgIpc) is 2.60. The first-order chi connectivity index (χ1) is 11.3. The van der Waals surface area contributed by atoms with E-state index in [9.17, 15) is 4.79 Å². The third-order valence-corrected chi connectivity index (χ3v) is 4.65. The van der Waals surface area contributed by atoms with E-state index in [4.69, 9.17) is 4.74 Å². The van der Waals surface area contributed by atoms with Crippen LogP contribution >= 0.6 is 12.4 Å². The molecule has 2 N–H and O–H groups in total. The Morgan fingerprint density at radius 2 is 2.08 bits per heavy atom. The van der Waals surface area contributed by atoms with Gasteiger partial charge < -0.3 is 20.3 Å². The molecule has 0 spiro atoms. The fourth-order valence-electron chi connectivity index (χ4n) is 3.35. The maximum atomic E-state index is 12.2. The number of amides is 1. The molecule has 0 aliphatic carbocycles. The minimum Gasteiger partial charge on any atom is -0.373 e. The van der Waals surface area contributed by atoms with Crippen molar-refractivity contribution in [3.8, 4) is 0 Å². The van der Waals surface area contributed by atoms with Gasteiger partial charge >= 0.3 is 0 Å². The summed E-state index contributed by atoms with van der Waals surface area (Å²) in [6.45, 7) is 6.89. The van der Waals surface area contributed by atoms with Gasteiger partial charge in [-0.05, 0) is 30.5 Å². The van der Waals surface area contributed by atoms with Gasteiger partial charge in [0.05, 0.1) is 19.1 Å². The number of ether oxygens (including phenoxy) is 1. The third kappa shape index (κ3) is 5.45. The van der Waals surface area contributed by atoms with Crippen LogP contribution in [0.25, 0.3) is 0 Å². The van der Waals surface area contributed by atoms with Crippen molar-refractivity contribution in [2.24, 2.45) is 0 Å². The lowest BCUT2D eigenvalue weighted by Crippen LogP contribution is -2.44. The van der Waals surface area contributed by atoms with Crippen molar-refractivity contribution < 1.29 is 9.53 Å². The number of fused-ring (bicyclic) bond motifs is 1. The van der Waals surface area contributed by atoms with Crippen molar-refractivity contribution in [1.82, 2.24) is 15.5 Å². The third-order valence-electron chi connectivity index (χ3n) is 4.65. The van der Waals surface area contributed by atoms with Gasteiger partial charge in [0.25, 0.3) is 0 Å². The zero-order chi connectivity index (χ0) is 15.9. The lowest BCUT2D eigenvalue weighted by atomic mass is 9.95. The maximum absolute atomic E-state index is 12.2. The number of hydrogen-bond acceptors (Lipinski definition) is 4. The van der Waals surface area contributed by atoms with Crippen LogP contribution in [0.5, 0.6) is 0 Å². The summed E-state index contributed by atoms with van der Waals surface area (Å²) in [5, 5.41) is 6.39. The van der Waals surface area contributed by atoms with Crippen LogP contribution in [0.1, 0.15) is 30.1 Å². The van der Waals surface area contributed by atoms with Crippen LogP contribution in [0.15, 0.2) is 24.3 Å². The molecule has 5 nitrogen and oxygen atoms in total. The highest BCUT2D eigenvalue weighted by molar-refractivity contribution is 5.85. The molecule has 2 aliphatic rings. The number of carbonyl (C=O) groups is 1. The zero-order valence-corrected chi connectivity index (χ0v) is 14.9. The molecule has 134 valence electrons. The molecule has 1 aromatic carbocycles. The molecule has 24 heavy (non-hydrogen) atoms. The first kappa shape index (κ1) is 19.2. The van der Waals surface area contributed by atoms with Gasteiger partial charge in [0.1, 0.15) is 0 Å². The molecule has 2 heterocycles. The fourth-order valence-corrected chi connectivity index (χ4v) is 3.35. The van der Waals surface area contributed by atoms with Gasteiger partial charge in [-0.25, -0.2) is 0 Å². The van der Waals surface area contributed by atoms with E-state index in [-0.39, 0.29) is 24.4 Å². The van der Waals surface area contributed by atoms with Crippen molar-refractivity contribution in [1.29, 1.82) is 0 Å². The Hall–Kier alpha value is -1.14. The Labute approximate surface area is 150 Å². The monoisotopic (exact) mass is 353 g/mol. The Kier molecular flexibility index (Phi) is 7.99. The second kappa shape index (κ2) is 9.99. The van der Waals surface area contributed by atoms with Gasteiger partial charge in [0, 0.05) is 32.7 Å². The van der Waals surface area contributed by atoms with Crippen LogP contribution in [-0.2, 0) is 16.0 Å².